The number of halogens is 1. The molecular formula is C8H14ClN. The summed E-state index contributed by atoms with van der Waals surface area (Å²) in [6, 6.07) is 0. The smallest absolute Gasteiger partial charge is 0.0276 e. The zero-order chi connectivity index (χ0) is 7.40. The van der Waals surface area contributed by atoms with Crippen molar-refractivity contribution < 1.29 is 0 Å². The Morgan fingerprint density at radius 2 is 2.30 bits per heavy atom. The second-order valence-electron chi connectivity index (χ2n) is 2.81. The molecule has 0 N–H and O–H groups in total. The Labute approximate surface area is 67.7 Å². The van der Waals surface area contributed by atoms with Gasteiger partial charge >= 0.3 is 0 Å². The first-order valence-corrected chi connectivity index (χ1v) is 4.29. The Morgan fingerprint density at radius 1 is 1.60 bits per heavy atom. The minimum absolute atomic E-state index is 0.756. The van der Waals surface area contributed by atoms with Crippen LogP contribution in [0.15, 0.2) is 12.2 Å². The van der Waals surface area contributed by atoms with Crippen LogP contribution in [-0.4, -0.2) is 30.4 Å². The zero-order valence-electron chi connectivity index (χ0n) is 6.39. The van der Waals surface area contributed by atoms with Gasteiger partial charge in [-0.3, -0.25) is 4.90 Å². The SMILES string of the molecule is C/C=C/CN1CC(CCl)C1. The van der Waals surface area contributed by atoms with E-state index in [-0.39, 0.29) is 0 Å². The number of rotatable bonds is 3. The van der Waals surface area contributed by atoms with Gasteiger partial charge in [0.25, 0.3) is 0 Å². The molecule has 1 rings (SSSR count). The number of nitrogens with zero attached hydrogens (tertiary/aromatic N) is 1. The van der Waals surface area contributed by atoms with Gasteiger partial charge in [-0.1, -0.05) is 12.2 Å². The number of hydrogen-bond acceptors (Lipinski definition) is 1. The molecule has 1 heterocycles. The molecule has 0 atom stereocenters. The molecule has 0 radical (unpaired) electrons. The summed E-state index contributed by atoms with van der Waals surface area (Å²) in [4.78, 5) is 2.40. The summed E-state index contributed by atoms with van der Waals surface area (Å²) in [5.41, 5.74) is 0. The Hall–Kier alpha value is -0.0100. The molecule has 1 aliphatic rings. The number of hydrogen-bond donors (Lipinski definition) is 0. The van der Waals surface area contributed by atoms with Crippen molar-refractivity contribution in [1.29, 1.82) is 0 Å². The average molecular weight is 160 g/mol. The van der Waals surface area contributed by atoms with E-state index >= 15 is 0 Å². The highest BCUT2D eigenvalue weighted by Gasteiger charge is 2.23. The summed E-state index contributed by atoms with van der Waals surface area (Å²) < 4.78 is 0. The van der Waals surface area contributed by atoms with Crippen LogP contribution >= 0.6 is 11.6 Å². The van der Waals surface area contributed by atoms with Crippen LogP contribution in [0.3, 0.4) is 0 Å². The fraction of sp³-hybridized carbons (Fsp3) is 0.750. The van der Waals surface area contributed by atoms with Gasteiger partial charge in [-0.2, -0.15) is 0 Å². The Balaban J connectivity index is 2.03. The maximum absolute atomic E-state index is 5.66. The molecule has 0 amide bonds. The average Bonchev–Trinajstić information content (AvgIpc) is 1.86. The van der Waals surface area contributed by atoms with Crippen molar-refractivity contribution in [3.63, 3.8) is 0 Å². The van der Waals surface area contributed by atoms with E-state index in [1.165, 1.54) is 13.1 Å². The molecule has 0 aromatic carbocycles. The van der Waals surface area contributed by atoms with Crippen molar-refractivity contribution in [2.45, 2.75) is 6.92 Å². The fourth-order valence-corrected chi connectivity index (χ4v) is 1.37. The number of allylic oxidation sites excluding steroid dienone is 1. The second kappa shape index (κ2) is 3.99. The van der Waals surface area contributed by atoms with Gasteiger partial charge in [0.05, 0.1) is 0 Å². The molecular weight excluding hydrogens is 146 g/mol. The molecule has 0 spiro atoms. The maximum atomic E-state index is 5.66. The first kappa shape index (κ1) is 8.09. The van der Waals surface area contributed by atoms with Gasteiger partial charge in [0, 0.05) is 25.5 Å². The summed E-state index contributed by atoms with van der Waals surface area (Å²) in [5.74, 6) is 1.58. The monoisotopic (exact) mass is 159 g/mol. The van der Waals surface area contributed by atoms with Crippen LogP contribution in [0.4, 0.5) is 0 Å². The summed E-state index contributed by atoms with van der Waals surface area (Å²) in [5, 5.41) is 0. The third-order valence-electron chi connectivity index (χ3n) is 1.85. The van der Waals surface area contributed by atoms with Crippen LogP contribution < -0.4 is 0 Å². The molecule has 1 saturated heterocycles. The maximum Gasteiger partial charge on any atom is 0.0276 e. The first-order valence-electron chi connectivity index (χ1n) is 3.76. The van der Waals surface area contributed by atoms with Crippen molar-refractivity contribution in [2.24, 2.45) is 5.92 Å². The molecule has 58 valence electrons. The van der Waals surface area contributed by atoms with Crippen LogP contribution in [0.1, 0.15) is 6.92 Å². The standard InChI is InChI=1S/C8H14ClN/c1-2-3-4-10-6-8(5-9)7-10/h2-3,8H,4-7H2,1H3/b3-2+. The van der Waals surface area contributed by atoms with E-state index in [0.29, 0.717) is 0 Å². The highest BCUT2D eigenvalue weighted by Crippen LogP contribution is 2.15. The van der Waals surface area contributed by atoms with Gasteiger partial charge in [-0.15, -0.1) is 11.6 Å². The highest BCUT2D eigenvalue weighted by atomic mass is 35.5. The predicted molar refractivity (Wildman–Crippen MR) is 45.5 cm³/mol. The Morgan fingerprint density at radius 3 is 2.80 bits per heavy atom. The minimum Gasteiger partial charge on any atom is -0.299 e. The van der Waals surface area contributed by atoms with E-state index in [1.807, 2.05) is 0 Å². The lowest BCUT2D eigenvalue weighted by Crippen LogP contribution is -2.47. The Kier molecular flexibility index (Phi) is 3.23. The van der Waals surface area contributed by atoms with Crippen molar-refractivity contribution in [1.82, 2.24) is 4.90 Å². The van der Waals surface area contributed by atoms with Gasteiger partial charge in [-0.05, 0) is 12.8 Å². The molecule has 1 fully saturated rings. The van der Waals surface area contributed by atoms with Crippen LogP contribution in [0.25, 0.3) is 0 Å². The fourth-order valence-electron chi connectivity index (χ4n) is 1.18. The molecule has 0 aromatic heterocycles. The van der Waals surface area contributed by atoms with Crippen molar-refractivity contribution in [3.8, 4) is 0 Å². The summed E-state index contributed by atoms with van der Waals surface area (Å²) in [6.07, 6.45) is 4.28. The van der Waals surface area contributed by atoms with Gasteiger partial charge in [0.1, 0.15) is 0 Å². The van der Waals surface area contributed by atoms with Crippen LogP contribution in [0.5, 0.6) is 0 Å². The number of alkyl halides is 1. The molecule has 0 aromatic rings. The number of likely N-dealkylation sites (tertiary alicyclic amines) is 1. The molecule has 0 bridgehead atoms. The summed E-state index contributed by atoms with van der Waals surface area (Å²) in [6.45, 7) is 5.53. The van der Waals surface area contributed by atoms with Crippen LogP contribution in [0.2, 0.25) is 0 Å². The van der Waals surface area contributed by atoms with E-state index in [1.54, 1.807) is 0 Å². The molecule has 0 aliphatic carbocycles. The predicted octanol–water partition coefficient (Wildman–Crippen LogP) is 1.73. The van der Waals surface area contributed by atoms with E-state index in [4.69, 9.17) is 11.6 Å². The largest absolute Gasteiger partial charge is 0.299 e. The van der Waals surface area contributed by atoms with Crippen molar-refractivity contribution >= 4 is 11.6 Å². The lowest BCUT2D eigenvalue weighted by Gasteiger charge is -2.37. The van der Waals surface area contributed by atoms with Crippen molar-refractivity contribution in [2.75, 3.05) is 25.5 Å². The summed E-state index contributed by atoms with van der Waals surface area (Å²) >= 11 is 5.66. The highest BCUT2D eigenvalue weighted by molar-refractivity contribution is 6.18. The normalized spacial score (nSPS) is 21.8. The first-order chi connectivity index (χ1) is 4.86. The molecule has 1 aliphatic heterocycles. The molecule has 10 heavy (non-hydrogen) atoms. The molecule has 0 saturated carbocycles. The van der Waals surface area contributed by atoms with E-state index in [2.05, 4.69) is 24.0 Å². The minimum atomic E-state index is 0.756. The van der Waals surface area contributed by atoms with Crippen molar-refractivity contribution in [3.05, 3.63) is 12.2 Å². The quantitative estimate of drug-likeness (QED) is 0.448. The topological polar surface area (TPSA) is 3.24 Å². The summed E-state index contributed by atoms with van der Waals surface area (Å²) in [7, 11) is 0. The Bertz CT molecular complexity index is 116. The molecule has 1 nitrogen and oxygen atoms in total. The van der Waals surface area contributed by atoms with Gasteiger partial charge in [-0.25, -0.2) is 0 Å². The lowest BCUT2D eigenvalue weighted by molar-refractivity contribution is 0.131. The van der Waals surface area contributed by atoms with Crippen LogP contribution in [0, 0.1) is 5.92 Å². The third kappa shape index (κ3) is 1.99. The molecule has 0 unspecified atom stereocenters. The van der Waals surface area contributed by atoms with E-state index in [0.717, 1.165) is 18.3 Å². The van der Waals surface area contributed by atoms with Gasteiger partial charge in [0.2, 0.25) is 0 Å². The van der Waals surface area contributed by atoms with Gasteiger partial charge < -0.3 is 0 Å². The zero-order valence-corrected chi connectivity index (χ0v) is 7.14. The lowest BCUT2D eigenvalue weighted by atomic mass is 10.0. The second-order valence-corrected chi connectivity index (χ2v) is 3.12. The van der Waals surface area contributed by atoms with E-state index in [9.17, 15) is 0 Å². The molecule has 2 heteroatoms. The van der Waals surface area contributed by atoms with Crippen LogP contribution in [-0.2, 0) is 0 Å². The third-order valence-corrected chi connectivity index (χ3v) is 2.29. The van der Waals surface area contributed by atoms with Gasteiger partial charge in [0.15, 0.2) is 0 Å². The van der Waals surface area contributed by atoms with E-state index < -0.39 is 0 Å².